The number of benzene rings is 2. The second-order valence-electron chi connectivity index (χ2n) is 6.83. The van der Waals surface area contributed by atoms with Crippen LogP contribution in [0.25, 0.3) is 16.8 Å². The molecule has 0 fully saturated rings. The monoisotopic (exact) mass is 457 g/mol. The molecule has 0 radical (unpaired) electrons. The average molecular weight is 458 g/mol. The van der Waals surface area contributed by atoms with Crippen LogP contribution in [0.2, 0.25) is 5.02 Å². The largest absolute Gasteiger partial charge is 0.392 e. The van der Waals surface area contributed by atoms with Crippen molar-refractivity contribution in [1.82, 2.24) is 9.38 Å². The van der Waals surface area contributed by atoms with Gasteiger partial charge >= 0.3 is 5.82 Å². The maximum absolute atomic E-state index is 12.8. The van der Waals surface area contributed by atoms with E-state index in [1.54, 1.807) is 48.5 Å². The summed E-state index contributed by atoms with van der Waals surface area (Å²) in [5.74, 6) is -1.08. The van der Waals surface area contributed by atoms with E-state index in [0.29, 0.717) is 16.7 Å². The number of fused-ring (bicyclic) bond motifs is 1. The molecule has 0 spiro atoms. The van der Waals surface area contributed by atoms with Gasteiger partial charge in [0.2, 0.25) is 5.65 Å². The van der Waals surface area contributed by atoms with Gasteiger partial charge in [-0.25, -0.2) is 13.4 Å². The minimum atomic E-state index is -3.85. The fourth-order valence-electron chi connectivity index (χ4n) is 3.33. The second kappa shape index (κ2) is 8.10. The van der Waals surface area contributed by atoms with Crippen molar-refractivity contribution in [2.24, 2.45) is 0 Å². The molecule has 31 heavy (non-hydrogen) atoms. The zero-order valence-electron chi connectivity index (χ0n) is 16.0. The molecule has 0 aliphatic rings. The first-order valence-electron chi connectivity index (χ1n) is 9.13. The normalized spacial score (nSPS) is 11.7. The number of aliphatic hydroxyl groups excluding tert-OH is 1. The van der Waals surface area contributed by atoms with Crippen LogP contribution in [-0.2, 0) is 22.2 Å². The minimum absolute atomic E-state index is 0.0548. The SMILES string of the molecule is O=[N+]([O-])c1c(CS(=O)(=O)c2ccccc2)nc2c(-c3ccc(CO)cc3)cc(Cl)cn12. The summed E-state index contributed by atoms with van der Waals surface area (Å²) in [4.78, 5) is 15.6. The van der Waals surface area contributed by atoms with Gasteiger partial charge in [0.15, 0.2) is 15.5 Å². The Morgan fingerprint density at radius 1 is 1.10 bits per heavy atom. The van der Waals surface area contributed by atoms with Crippen molar-refractivity contribution in [3.63, 3.8) is 0 Å². The molecule has 2 aromatic heterocycles. The fraction of sp³-hybridized carbons (Fsp3) is 0.0952. The van der Waals surface area contributed by atoms with E-state index >= 15 is 0 Å². The molecular formula is C21H16ClN3O5S. The van der Waals surface area contributed by atoms with E-state index in [9.17, 15) is 23.6 Å². The molecule has 4 rings (SSSR count). The van der Waals surface area contributed by atoms with Gasteiger partial charge in [-0.2, -0.15) is 4.40 Å². The third kappa shape index (κ3) is 4.02. The lowest BCUT2D eigenvalue weighted by atomic mass is 10.1. The highest BCUT2D eigenvalue weighted by atomic mass is 35.5. The van der Waals surface area contributed by atoms with Crippen LogP contribution in [0.4, 0.5) is 5.82 Å². The zero-order valence-corrected chi connectivity index (χ0v) is 17.5. The Bertz CT molecular complexity index is 1380. The first-order valence-corrected chi connectivity index (χ1v) is 11.2. The number of pyridine rings is 1. The number of halogens is 1. The number of imidazole rings is 1. The molecule has 0 aliphatic heterocycles. The second-order valence-corrected chi connectivity index (χ2v) is 9.26. The third-order valence-corrected chi connectivity index (χ3v) is 6.63. The molecule has 8 nitrogen and oxygen atoms in total. The van der Waals surface area contributed by atoms with Crippen molar-refractivity contribution in [2.45, 2.75) is 17.3 Å². The molecule has 0 saturated carbocycles. The Hall–Kier alpha value is -3.27. The maximum Gasteiger partial charge on any atom is 0.352 e. The summed E-state index contributed by atoms with van der Waals surface area (Å²) in [5.41, 5.74) is 1.91. The van der Waals surface area contributed by atoms with Crippen molar-refractivity contribution in [2.75, 3.05) is 0 Å². The number of hydrogen-bond donors (Lipinski definition) is 1. The quantitative estimate of drug-likeness (QED) is 0.345. The number of sulfone groups is 1. The lowest BCUT2D eigenvalue weighted by molar-refractivity contribution is -0.391. The van der Waals surface area contributed by atoms with Gasteiger partial charge in [0.1, 0.15) is 11.9 Å². The van der Waals surface area contributed by atoms with E-state index < -0.39 is 26.3 Å². The Labute approximate surface area is 182 Å². The average Bonchev–Trinajstić information content (AvgIpc) is 3.11. The fourth-order valence-corrected chi connectivity index (χ4v) is 4.83. The molecule has 0 bridgehead atoms. The van der Waals surface area contributed by atoms with E-state index in [1.807, 2.05) is 0 Å². The van der Waals surface area contributed by atoms with Crippen LogP contribution in [0.1, 0.15) is 11.3 Å². The maximum atomic E-state index is 12.8. The van der Waals surface area contributed by atoms with Gasteiger partial charge in [-0.3, -0.25) is 0 Å². The van der Waals surface area contributed by atoms with Gasteiger partial charge in [-0.15, -0.1) is 0 Å². The van der Waals surface area contributed by atoms with Gasteiger partial charge in [0.25, 0.3) is 0 Å². The van der Waals surface area contributed by atoms with E-state index in [4.69, 9.17) is 11.6 Å². The number of aromatic nitrogens is 2. The molecule has 2 aromatic carbocycles. The smallest absolute Gasteiger partial charge is 0.352 e. The molecule has 2 heterocycles. The van der Waals surface area contributed by atoms with Gasteiger partial charge in [-0.05, 0) is 34.2 Å². The van der Waals surface area contributed by atoms with Crippen LogP contribution in [0.5, 0.6) is 0 Å². The first kappa shape index (κ1) is 21.0. The van der Waals surface area contributed by atoms with Gasteiger partial charge in [-0.1, -0.05) is 54.1 Å². The summed E-state index contributed by atoms with van der Waals surface area (Å²) in [6, 6.07) is 16.2. The van der Waals surface area contributed by atoms with Gasteiger partial charge in [0, 0.05) is 0 Å². The molecule has 0 atom stereocenters. The van der Waals surface area contributed by atoms with Crippen molar-refractivity contribution in [3.8, 4) is 11.1 Å². The highest BCUT2D eigenvalue weighted by Gasteiger charge is 2.29. The highest BCUT2D eigenvalue weighted by Crippen LogP contribution is 2.33. The molecule has 1 N–H and O–H groups in total. The summed E-state index contributed by atoms with van der Waals surface area (Å²) in [5, 5.41) is 21.3. The summed E-state index contributed by atoms with van der Waals surface area (Å²) in [6.07, 6.45) is 1.34. The van der Waals surface area contributed by atoms with Crippen molar-refractivity contribution >= 4 is 32.9 Å². The van der Waals surface area contributed by atoms with Crippen LogP contribution in [0.15, 0.2) is 71.8 Å². The lowest BCUT2D eigenvalue weighted by Gasteiger charge is -2.04. The van der Waals surface area contributed by atoms with Crippen LogP contribution >= 0.6 is 11.6 Å². The summed E-state index contributed by atoms with van der Waals surface area (Å²) < 4.78 is 26.8. The first-order chi connectivity index (χ1) is 14.8. The zero-order chi connectivity index (χ0) is 22.2. The standard InChI is InChI=1S/C21H16ClN3O5S/c22-16-10-18(15-8-6-14(12-26)7-9-15)20-23-19(21(25(27)28)24(20)11-16)13-31(29,30)17-4-2-1-3-5-17/h1-11,26H,12-13H2. The van der Waals surface area contributed by atoms with Crippen molar-refractivity contribution in [3.05, 3.63) is 93.3 Å². The summed E-state index contributed by atoms with van der Waals surface area (Å²) in [6.45, 7) is -0.123. The Morgan fingerprint density at radius 2 is 1.77 bits per heavy atom. The highest BCUT2D eigenvalue weighted by molar-refractivity contribution is 7.90. The molecule has 0 amide bonds. The number of rotatable bonds is 6. The van der Waals surface area contributed by atoms with Crippen LogP contribution in [0, 0.1) is 10.1 Å². The minimum Gasteiger partial charge on any atom is -0.392 e. The topological polar surface area (TPSA) is 115 Å². The molecule has 4 aromatic rings. The van der Waals surface area contributed by atoms with Gasteiger partial charge in [0.05, 0.1) is 22.1 Å². The van der Waals surface area contributed by atoms with E-state index in [1.165, 1.54) is 22.7 Å². The number of aliphatic hydroxyl groups is 1. The molecule has 158 valence electrons. The lowest BCUT2D eigenvalue weighted by Crippen LogP contribution is -2.07. The predicted molar refractivity (Wildman–Crippen MR) is 116 cm³/mol. The number of nitro groups is 1. The number of hydrogen-bond acceptors (Lipinski definition) is 6. The molecule has 0 saturated heterocycles. The van der Waals surface area contributed by atoms with Crippen LogP contribution in [0.3, 0.4) is 0 Å². The van der Waals surface area contributed by atoms with Gasteiger partial charge < -0.3 is 15.2 Å². The molecular weight excluding hydrogens is 442 g/mol. The third-order valence-electron chi connectivity index (χ3n) is 4.78. The Kier molecular flexibility index (Phi) is 5.48. The number of nitrogens with zero attached hydrogens (tertiary/aromatic N) is 3. The molecule has 0 aliphatic carbocycles. The van der Waals surface area contributed by atoms with E-state index in [-0.39, 0.29) is 27.9 Å². The van der Waals surface area contributed by atoms with Crippen molar-refractivity contribution in [1.29, 1.82) is 0 Å². The van der Waals surface area contributed by atoms with Crippen molar-refractivity contribution < 1.29 is 18.4 Å². The van der Waals surface area contributed by atoms with Crippen LogP contribution < -0.4 is 0 Å². The van der Waals surface area contributed by atoms with Crippen LogP contribution in [-0.4, -0.2) is 27.8 Å². The Morgan fingerprint density at radius 3 is 2.39 bits per heavy atom. The van der Waals surface area contributed by atoms with E-state index in [2.05, 4.69) is 4.98 Å². The predicted octanol–water partition coefficient (Wildman–Crippen LogP) is 4.03. The molecule has 0 unspecified atom stereocenters. The summed E-state index contributed by atoms with van der Waals surface area (Å²) in [7, 11) is -3.85. The van der Waals surface area contributed by atoms with E-state index in [0.717, 1.165) is 0 Å². The Balaban J connectivity index is 1.91. The molecule has 10 heteroatoms. The summed E-state index contributed by atoms with van der Waals surface area (Å²) >= 11 is 6.22.